The molecule has 0 aliphatic heterocycles. The molecule has 3 nitrogen and oxygen atoms in total. The topological polar surface area (TPSA) is 43.8 Å². The van der Waals surface area contributed by atoms with Crippen LogP contribution < -0.4 is 5.73 Å². The molecule has 0 atom stereocenters. The number of nitrogens with two attached hydrogens (primary N) is 1. The Labute approximate surface area is 87.1 Å². The Bertz CT molecular complexity index is 436. The molecule has 1 aromatic heterocycles. The number of halogens is 1. The second-order valence-electron chi connectivity index (χ2n) is 2.90. The van der Waals surface area contributed by atoms with Gasteiger partial charge in [0.2, 0.25) is 0 Å². The molecule has 4 heteroatoms. The Morgan fingerprint density at radius 1 is 1.43 bits per heavy atom. The van der Waals surface area contributed by atoms with Crippen LogP contribution in [0.15, 0.2) is 36.7 Å². The second-order valence-corrected chi connectivity index (χ2v) is 3.33. The first-order valence-corrected chi connectivity index (χ1v) is 4.67. The van der Waals surface area contributed by atoms with Gasteiger partial charge in [0.15, 0.2) is 0 Å². The van der Waals surface area contributed by atoms with Crippen molar-refractivity contribution < 1.29 is 0 Å². The maximum Gasteiger partial charge on any atom is 0.126 e. The Hall–Kier alpha value is -1.32. The first-order chi connectivity index (χ1) is 6.81. The fourth-order valence-corrected chi connectivity index (χ4v) is 1.53. The Balaban J connectivity index is 2.49. The summed E-state index contributed by atoms with van der Waals surface area (Å²) >= 11 is 5.89. The minimum Gasteiger partial charge on any atom is -0.324 e. The van der Waals surface area contributed by atoms with Gasteiger partial charge in [0, 0.05) is 23.1 Å². The molecule has 2 rings (SSSR count). The standard InChI is InChI=1S/C10H10ClN3/c11-8-2-1-3-9(6-8)14-5-4-13-10(14)7-12/h1-6H,7,12H2. The number of aromatic nitrogens is 2. The van der Waals surface area contributed by atoms with E-state index in [-0.39, 0.29) is 0 Å². The Morgan fingerprint density at radius 3 is 3.00 bits per heavy atom. The van der Waals surface area contributed by atoms with Gasteiger partial charge in [-0.1, -0.05) is 17.7 Å². The van der Waals surface area contributed by atoms with E-state index in [2.05, 4.69) is 4.98 Å². The minimum absolute atomic E-state index is 0.416. The lowest BCUT2D eigenvalue weighted by molar-refractivity contribution is 0.868. The third-order valence-corrected chi connectivity index (χ3v) is 2.22. The van der Waals surface area contributed by atoms with Crippen molar-refractivity contribution in [3.63, 3.8) is 0 Å². The molecule has 14 heavy (non-hydrogen) atoms. The highest BCUT2D eigenvalue weighted by Gasteiger charge is 2.02. The van der Waals surface area contributed by atoms with E-state index in [1.165, 1.54) is 0 Å². The molecule has 0 amide bonds. The Kier molecular flexibility index (Phi) is 2.52. The van der Waals surface area contributed by atoms with E-state index in [0.717, 1.165) is 11.5 Å². The van der Waals surface area contributed by atoms with Crippen molar-refractivity contribution in [1.82, 2.24) is 9.55 Å². The maximum atomic E-state index is 5.89. The zero-order valence-corrected chi connectivity index (χ0v) is 8.28. The molecule has 0 spiro atoms. The van der Waals surface area contributed by atoms with Crippen LogP contribution in [0.5, 0.6) is 0 Å². The molecular weight excluding hydrogens is 198 g/mol. The molecule has 0 saturated heterocycles. The van der Waals surface area contributed by atoms with Crippen LogP contribution in [0, 0.1) is 0 Å². The summed E-state index contributed by atoms with van der Waals surface area (Å²) in [4.78, 5) is 4.14. The van der Waals surface area contributed by atoms with Gasteiger partial charge in [-0.05, 0) is 18.2 Å². The van der Waals surface area contributed by atoms with Crippen molar-refractivity contribution in [1.29, 1.82) is 0 Å². The summed E-state index contributed by atoms with van der Waals surface area (Å²) in [6.07, 6.45) is 3.59. The summed E-state index contributed by atoms with van der Waals surface area (Å²) < 4.78 is 1.92. The molecule has 2 aromatic rings. The number of imidazole rings is 1. The lowest BCUT2D eigenvalue weighted by atomic mass is 10.3. The van der Waals surface area contributed by atoms with Crippen LogP contribution in [0.2, 0.25) is 5.02 Å². The van der Waals surface area contributed by atoms with Crippen LogP contribution in [0.4, 0.5) is 0 Å². The van der Waals surface area contributed by atoms with Crippen LogP contribution in [0.3, 0.4) is 0 Å². The van der Waals surface area contributed by atoms with Gasteiger partial charge in [-0.2, -0.15) is 0 Å². The molecule has 0 aliphatic carbocycles. The van der Waals surface area contributed by atoms with E-state index in [1.54, 1.807) is 6.20 Å². The largest absolute Gasteiger partial charge is 0.324 e. The molecule has 0 bridgehead atoms. The van der Waals surface area contributed by atoms with Crippen LogP contribution in [0.1, 0.15) is 5.82 Å². The van der Waals surface area contributed by atoms with Gasteiger partial charge < -0.3 is 10.3 Å². The normalized spacial score (nSPS) is 10.4. The molecular formula is C10H10ClN3. The van der Waals surface area contributed by atoms with E-state index in [9.17, 15) is 0 Å². The van der Waals surface area contributed by atoms with Crippen LogP contribution in [-0.2, 0) is 6.54 Å². The summed E-state index contributed by atoms with van der Waals surface area (Å²) in [6.45, 7) is 0.416. The monoisotopic (exact) mass is 207 g/mol. The van der Waals surface area contributed by atoms with E-state index in [0.29, 0.717) is 11.6 Å². The first-order valence-electron chi connectivity index (χ1n) is 4.29. The van der Waals surface area contributed by atoms with Crippen molar-refractivity contribution in [3.05, 3.63) is 47.5 Å². The molecule has 0 aliphatic rings. The third-order valence-electron chi connectivity index (χ3n) is 1.99. The highest BCUT2D eigenvalue weighted by molar-refractivity contribution is 6.30. The van der Waals surface area contributed by atoms with Gasteiger partial charge in [-0.3, -0.25) is 0 Å². The van der Waals surface area contributed by atoms with Gasteiger partial charge in [0.25, 0.3) is 0 Å². The predicted octanol–water partition coefficient (Wildman–Crippen LogP) is 1.98. The zero-order valence-electron chi connectivity index (χ0n) is 7.52. The summed E-state index contributed by atoms with van der Waals surface area (Å²) in [5, 5.41) is 0.708. The van der Waals surface area contributed by atoms with E-state index in [1.807, 2.05) is 35.0 Å². The molecule has 0 radical (unpaired) electrons. The van der Waals surface area contributed by atoms with Crippen molar-refractivity contribution >= 4 is 11.6 Å². The molecule has 1 aromatic carbocycles. The summed E-state index contributed by atoms with van der Waals surface area (Å²) in [6, 6.07) is 7.58. The molecule has 2 N–H and O–H groups in total. The van der Waals surface area contributed by atoms with Gasteiger partial charge >= 0.3 is 0 Å². The van der Waals surface area contributed by atoms with Gasteiger partial charge in [-0.15, -0.1) is 0 Å². The second kappa shape index (κ2) is 3.82. The summed E-state index contributed by atoms with van der Waals surface area (Å²) in [5.41, 5.74) is 6.54. The molecule has 1 heterocycles. The SMILES string of the molecule is NCc1nccn1-c1cccc(Cl)c1. The van der Waals surface area contributed by atoms with Crippen LogP contribution in [0.25, 0.3) is 5.69 Å². The number of hydrogen-bond acceptors (Lipinski definition) is 2. The van der Waals surface area contributed by atoms with Crippen molar-refractivity contribution in [3.8, 4) is 5.69 Å². The fraction of sp³-hybridized carbons (Fsp3) is 0.100. The van der Waals surface area contributed by atoms with Crippen molar-refractivity contribution in [2.45, 2.75) is 6.54 Å². The Morgan fingerprint density at radius 2 is 2.29 bits per heavy atom. The zero-order chi connectivity index (χ0) is 9.97. The van der Waals surface area contributed by atoms with Crippen LogP contribution in [-0.4, -0.2) is 9.55 Å². The van der Waals surface area contributed by atoms with Crippen LogP contribution >= 0.6 is 11.6 Å². The minimum atomic E-state index is 0.416. The number of nitrogens with zero attached hydrogens (tertiary/aromatic N) is 2. The highest BCUT2D eigenvalue weighted by Crippen LogP contribution is 2.15. The first kappa shape index (κ1) is 9.24. The quantitative estimate of drug-likeness (QED) is 0.819. The summed E-state index contributed by atoms with van der Waals surface area (Å²) in [5.74, 6) is 0.826. The average Bonchev–Trinajstić information content (AvgIpc) is 2.65. The van der Waals surface area contributed by atoms with E-state index in [4.69, 9.17) is 17.3 Å². The van der Waals surface area contributed by atoms with Gasteiger partial charge in [-0.25, -0.2) is 4.98 Å². The molecule has 0 fully saturated rings. The van der Waals surface area contributed by atoms with Gasteiger partial charge in [0.05, 0.1) is 6.54 Å². The van der Waals surface area contributed by atoms with Gasteiger partial charge in [0.1, 0.15) is 5.82 Å². The third kappa shape index (κ3) is 1.64. The number of benzene rings is 1. The lowest BCUT2D eigenvalue weighted by Gasteiger charge is -2.05. The predicted molar refractivity (Wildman–Crippen MR) is 56.5 cm³/mol. The molecule has 72 valence electrons. The number of rotatable bonds is 2. The summed E-state index contributed by atoms with van der Waals surface area (Å²) in [7, 11) is 0. The average molecular weight is 208 g/mol. The molecule has 0 unspecified atom stereocenters. The lowest BCUT2D eigenvalue weighted by Crippen LogP contribution is -2.05. The number of hydrogen-bond donors (Lipinski definition) is 1. The fourth-order valence-electron chi connectivity index (χ4n) is 1.35. The van der Waals surface area contributed by atoms with E-state index < -0.39 is 0 Å². The van der Waals surface area contributed by atoms with Crippen molar-refractivity contribution in [2.24, 2.45) is 5.73 Å². The highest BCUT2D eigenvalue weighted by atomic mass is 35.5. The smallest absolute Gasteiger partial charge is 0.126 e. The molecule has 0 saturated carbocycles. The van der Waals surface area contributed by atoms with Crippen molar-refractivity contribution in [2.75, 3.05) is 0 Å². The maximum absolute atomic E-state index is 5.89. The van der Waals surface area contributed by atoms with E-state index >= 15 is 0 Å².